The number of aromatic nitrogens is 3. The van der Waals surface area contributed by atoms with E-state index in [1.807, 2.05) is 24.3 Å². The minimum atomic E-state index is 0.212. The smallest absolute Gasteiger partial charge is 0.180 e. The molecule has 22 heavy (non-hydrogen) atoms. The lowest BCUT2D eigenvalue weighted by atomic mass is 9.96. The molecule has 0 bridgehead atoms. The molecule has 0 unspecified atom stereocenters. The number of fused-ring (bicyclic) bond motifs is 1. The first-order chi connectivity index (χ1) is 10.8. The minimum absolute atomic E-state index is 0.212. The number of pyridine rings is 1. The van der Waals surface area contributed by atoms with E-state index >= 15 is 0 Å². The molecule has 2 heterocycles. The van der Waals surface area contributed by atoms with Crippen LogP contribution in [0.5, 0.6) is 0 Å². The van der Waals surface area contributed by atoms with Crippen molar-refractivity contribution in [2.75, 3.05) is 11.9 Å². The van der Waals surface area contributed by atoms with E-state index in [2.05, 4.69) is 32.4 Å². The molecule has 0 radical (unpaired) electrons. The molecule has 1 fully saturated rings. The maximum absolute atomic E-state index is 5.97. The molecule has 0 amide bonds. The van der Waals surface area contributed by atoms with Gasteiger partial charge in [-0.3, -0.25) is 4.98 Å². The molecule has 3 aromatic rings. The number of rotatable bonds is 4. The Labute approximate surface area is 133 Å². The highest BCUT2D eigenvalue weighted by atomic mass is 35.5. The van der Waals surface area contributed by atoms with Gasteiger partial charge >= 0.3 is 0 Å². The van der Waals surface area contributed by atoms with E-state index in [-0.39, 0.29) is 5.41 Å². The Kier molecular flexibility index (Phi) is 3.19. The lowest BCUT2D eigenvalue weighted by Gasteiger charge is -2.17. The molecule has 2 aromatic heterocycles. The second-order valence-electron chi connectivity index (χ2n) is 5.74. The lowest BCUT2D eigenvalue weighted by molar-refractivity contribution is 0.730. The first kappa shape index (κ1) is 13.5. The first-order valence-electron chi connectivity index (χ1n) is 7.33. The zero-order valence-electron chi connectivity index (χ0n) is 12.0. The predicted octanol–water partition coefficient (Wildman–Crippen LogP) is 3.82. The van der Waals surface area contributed by atoms with Gasteiger partial charge in [0.25, 0.3) is 0 Å². The zero-order chi connectivity index (χ0) is 15.0. The molecule has 0 aliphatic heterocycles. The number of benzene rings is 1. The quantitative estimate of drug-likeness (QED) is 0.796. The molecule has 4 nitrogen and oxygen atoms in total. The fourth-order valence-corrected chi connectivity index (χ4v) is 2.86. The van der Waals surface area contributed by atoms with Crippen molar-refractivity contribution in [1.82, 2.24) is 15.0 Å². The van der Waals surface area contributed by atoms with Crippen molar-refractivity contribution in [3.8, 4) is 0 Å². The van der Waals surface area contributed by atoms with Crippen LogP contribution in [0, 0.1) is 0 Å². The Balaban J connectivity index is 1.52. The van der Waals surface area contributed by atoms with E-state index in [9.17, 15) is 0 Å². The summed E-state index contributed by atoms with van der Waals surface area (Å²) in [5, 5.41) is 4.22. The van der Waals surface area contributed by atoms with Gasteiger partial charge in [0.15, 0.2) is 5.65 Å². The average molecular weight is 311 g/mol. The van der Waals surface area contributed by atoms with Gasteiger partial charge in [0.05, 0.1) is 0 Å². The molecule has 110 valence electrons. The number of hydrogen-bond donors (Lipinski definition) is 1. The Morgan fingerprint density at radius 2 is 1.77 bits per heavy atom. The molecule has 4 rings (SSSR count). The van der Waals surface area contributed by atoms with Crippen LogP contribution in [-0.4, -0.2) is 21.5 Å². The van der Waals surface area contributed by atoms with Crippen LogP contribution in [0.4, 0.5) is 5.82 Å². The predicted molar refractivity (Wildman–Crippen MR) is 88.2 cm³/mol. The van der Waals surface area contributed by atoms with Crippen molar-refractivity contribution >= 4 is 28.6 Å². The third kappa shape index (κ3) is 2.50. The molecule has 1 aliphatic carbocycles. The topological polar surface area (TPSA) is 50.7 Å². The van der Waals surface area contributed by atoms with Crippen molar-refractivity contribution in [3.05, 3.63) is 59.4 Å². The Morgan fingerprint density at radius 1 is 1.00 bits per heavy atom. The summed E-state index contributed by atoms with van der Waals surface area (Å²) in [5.74, 6) is 0.841. The first-order valence-corrected chi connectivity index (χ1v) is 7.71. The summed E-state index contributed by atoms with van der Waals surface area (Å²) in [7, 11) is 0. The molecular formula is C17H15ClN4. The molecule has 1 saturated carbocycles. The Bertz CT molecular complexity index is 812. The third-order valence-electron chi connectivity index (χ3n) is 4.25. The van der Waals surface area contributed by atoms with Crippen LogP contribution >= 0.6 is 11.6 Å². The van der Waals surface area contributed by atoms with Gasteiger partial charge in [0.1, 0.15) is 11.3 Å². The maximum atomic E-state index is 5.97. The van der Waals surface area contributed by atoms with E-state index in [1.54, 1.807) is 12.4 Å². The van der Waals surface area contributed by atoms with Gasteiger partial charge in [-0.15, -0.1) is 0 Å². The number of hydrogen-bond acceptors (Lipinski definition) is 4. The van der Waals surface area contributed by atoms with Crippen LogP contribution in [0.3, 0.4) is 0 Å². The summed E-state index contributed by atoms with van der Waals surface area (Å²) in [6, 6.07) is 12.1. The van der Waals surface area contributed by atoms with Crippen LogP contribution in [0.15, 0.2) is 48.8 Å². The van der Waals surface area contributed by atoms with Gasteiger partial charge in [-0.05, 0) is 42.7 Å². The zero-order valence-corrected chi connectivity index (χ0v) is 12.7. The Morgan fingerprint density at radius 3 is 2.55 bits per heavy atom. The number of halogens is 1. The van der Waals surface area contributed by atoms with Crippen LogP contribution in [0.1, 0.15) is 18.4 Å². The third-order valence-corrected chi connectivity index (χ3v) is 4.50. The summed E-state index contributed by atoms with van der Waals surface area (Å²) in [6.07, 6.45) is 5.72. The largest absolute Gasteiger partial charge is 0.369 e. The molecule has 5 heteroatoms. The second kappa shape index (κ2) is 5.21. The molecular weight excluding hydrogens is 296 g/mol. The summed E-state index contributed by atoms with van der Waals surface area (Å²) in [6.45, 7) is 0.868. The van der Waals surface area contributed by atoms with Gasteiger partial charge in [0.2, 0.25) is 0 Å². The van der Waals surface area contributed by atoms with E-state index in [0.29, 0.717) is 5.65 Å². The van der Waals surface area contributed by atoms with Crippen LogP contribution < -0.4 is 5.32 Å². The molecule has 1 aromatic carbocycles. The van der Waals surface area contributed by atoms with E-state index in [4.69, 9.17) is 11.6 Å². The summed E-state index contributed by atoms with van der Waals surface area (Å²) in [4.78, 5) is 13.0. The average Bonchev–Trinajstić information content (AvgIpc) is 3.34. The van der Waals surface area contributed by atoms with E-state index in [0.717, 1.165) is 22.9 Å². The van der Waals surface area contributed by atoms with Crippen LogP contribution in [0.25, 0.3) is 11.2 Å². The van der Waals surface area contributed by atoms with Crippen molar-refractivity contribution in [2.24, 2.45) is 0 Å². The highest BCUT2D eigenvalue weighted by Crippen LogP contribution is 2.48. The number of anilines is 1. The van der Waals surface area contributed by atoms with Gasteiger partial charge in [-0.25, -0.2) is 9.97 Å². The fraction of sp³-hybridized carbons (Fsp3) is 0.235. The van der Waals surface area contributed by atoms with Crippen molar-refractivity contribution in [1.29, 1.82) is 0 Å². The maximum Gasteiger partial charge on any atom is 0.180 e. The SMILES string of the molecule is Clc1ccc(C2(CNc3ccc4nccnc4n3)CC2)cc1. The minimum Gasteiger partial charge on any atom is -0.369 e. The Hall–Kier alpha value is -2.20. The highest BCUT2D eigenvalue weighted by molar-refractivity contribution is 6.30. The van der Waals surface area contributed by atoms with E-state index < -0.39 is 0 Å². The molecule has 0 saturated heterocycles. The highest BCUT2D eigenvalue weighted by Gasteiger charge is 2.43. The standard InChI is InChI=1S/C17H15ClN4/c18-13-3-1-12(2-4-13)17(7-8-17)11-21-15-6-5-14-16(22-15)20-10-9-19-14/h1-6,9-10H,7-8,11H2,(H,20,21,22). The van der Waals surface area contributed by atoms with E-state index in [1.165, 1.54) is 18.4 Å². The summed E-state index contributed by atoms with van der Waals surface area (Å²) in [5.41, 5.74) is 3.03. The van der Waals surface area contributed by atoms with Crippen LogP contribution in [-0.2, 0) is 5.41 Å². The normalized spacial score (nSPS) is 15.7. The molecule has 1 aliphatic rings. The molecule has 0 atom stereocenters. The molecule has 1 N–H and O–H groups in total. The van der Waals surface area contributed by atoms with Crippen molar-refractivity contribution < 1.29 is 0 Å². The lowest BCUT2D eigenvalue weighted by Crippen LogP contribution is -2.20. The van der Waals surface area contributed by atoms with Gasteiger partial charge in [0, 0.05) is 29.4 Å². The van der Waals surface area contributed by atoms with Crippen LogP contribution in [0.2, 0.25) is 5.02 Å². The second-order valence-corrected chi connectivity index (χ2v) is 6.17. The fourth-order valence-electron chi connectivity index (χ4n) is 2.73. The van der Waals surface area contributed by atoms with Gasteiger partial charge in [-0.1, -0.05) is 23.7 Å². The summed E-state index contributed by atoms with van der Waals surface area (Å²) >= 11 is 5.97. The number of nitrogens with one attached hydrogen (secondary N) is 1. The molecule has 0 spiro atoms. The number of nitrogens with zero attached hydrogens (tertiary/aromatic N) is 3. The van der Waals surface area contributed by atoms with Gasteiger partial charge < -0.3 is 5.32 Å². The van der Waals surface area contributed by atoms with Crippen molar-refractivity contribution in [3.63, 3.8) is 0 Å². The summed E-state index contributed by atoms with van der Waals surface area (Å²) < 4.78 is 0. The monoisotopic (exact) mass is 310 g/mol. The van der Waals surface area contributed by atoms with Gasteiger partial charge in [-0.2, -0.15) is 0 Å². The van der Waals surface area contributed by atoms with Crippen molar-refractivity contribution in [2.45, 2.75) is 18.3 Å².